The first kappa shape index (κ1) is 23.2. The second-order valence-corrected chi connectivity index (χ2v) is 7.98. The van der Waals surface area contributed by atoms with Crippen molar-refractivity contribution in [2.75, 3.05) is 18.6 Å². The van der Waals surface area contributed by atoms with E-state index in [0.717, 1.165) is 27.1 Å². The lowest BCUT2D eigenvalue weighted by Gasteiger charge is -2.26. The molecule has 1 N–H and O–H groups in total. The van der Waals surface area contributed by atoms with Crippen molar-refractivity contribution in [3.8, 4) is 5.75 Å². The summed E-state index contributed by atoms with van der Waals surface area (Å²) in [6.45, 7) is 0.132. The number of nitrogens with zero attached hydrogens (tertiary/aromatic N) is 2. The Morgan fingerprint density at radius 1 is 1.12 bits per heavy atom. The van der Waals surface area contributed by atoms with Crippen LogP contribution in [0.3, 0.4) is 0 Å². The van der Waals surface area contributed by atoms with E-state index in [1.165, 1.54) is 4.90 Å². The maximum absolute atomic E-state index is 13.1. The predicted molar refractivity (Wildman–Crippen MR) is 120 cm³/mol. The number of carboxylic acids is 1. The van der Waals surface area contributed by atoms with Crippen LogP contribution in [0.4, 0.5) is 5.69 Å². The fraction of sp³-hybridized carbons (Fsp3) is 0.217. The number of amides is 3. The molecule has 0 aromatic heterocycles. The van der Waals surface area contributed by atoms with Crippen molar-refractivity contribution in [2.24, 2.45) is 0 Å². The van der Waals surface area contributed by atoms with Crippen molar-refractivity contribution in [1.82, 2.24) is 4.90 Å². The van der Waals surface area contributed by atoms with Crippen molar-refractivity contribution in [3.63, 3.8) is 0 Å². The minimum Gasteiger partial charge on any atom is -0.497 e. The van der Waals surface area contributed by atoms with Crippen LogP contribution in [0.15, 0.2) is 65.2 Å². The Morgan fingerprint density at radius 2 is 1.78 bits per heavy atom. The molecule has 0 unspecified atom stereocenters. The third-order valence-electron chi connectivity index (χ3n) is 5.04. The number of benzene rings is 2. The smallest absolute Gasteiger partial charge is 0.328 e. The van der Waals surface area contributed by atoms with Crippen LogP contribution >= 0.6 is 15.9 Å². The summed E-state index contributed by atoms with van der Waals surface area (Å²) in [6, 6.07) is 12.9. The average Bonchev–Trinajstić information content (AvgIpc) is 3.07. The summed E-state index contributed by atoms with van der Waals surface area (Å²) in [6.07, 6.45) is 1.85. The highest BCUT2D eigenvalue weighted by Gasteiger charge is 2.43. The summed E-state index contributed by atoms with van der Waals surface area (Å²) in [5.41, 5.74) is 1.31. The molecule has 166 valence electrons. The van der Waals surface area contributed by atoms with Gasteiger partial charge < -0.3 is 14.7 Å². The number of carboxylic acid groups (broad SMARTS) is 1. The second kappa shape index (κ2) is 10.2. The Morgan fingerprint density at radius 3 is 2.38 bits per heavy atom. The maximum atomic E-state index is 13.1. The quantitative estimate of drug-likeness (QED) is 0.441. The average molecular weight is 501 g/mol. The molecule has 1 aliphatic heterocycles. The van der Waals surface area contributed by atoms with Gasteiger partial charge in [-0.3, -0.25) is 14.4 Å². The second-order valence-electron chi connectivity index (χ2n) is 7.07. The highest BCUT2D eigenvalue weighted by Crippen LogP contribution is 2.27. The largest absolute Gasteiger partial charge is 0.497 e. The van der Waals surface area contributed by atoms with E-state index in [1.54, 1.807) is 43.5 Å². The SMILES string of the molecule is COc1ccc(CCN(C(=O)/C=C/C(=O)O)[C@H]2CC(=O)N(c3ccc(Br)cc3)C2=O)cc1. The van der Waals surface area contributed by atoms with Gasteiger partial charge in [0.25, 0.3) is 5.91 Å². The Labute approximate surface area is 193 Å². The van der Waals surface area contributed by atoms with Gasteiger partial charge in [0, 0.05) is 23.2 Å². The molecule has 0 spiro atoms. The van der Waals surface area contributed by atoms with Crippen LogP contribution in [-0.4, -0.2) is 53.4 Å². The minimum absolute atomic E-state index is 0.132. The molecule has 2 aromatic carbocycles. The zero-order valence-electron chi connectivity index (χ0n) is 17.2. The molecule has 1 atom stereocenters. The van der Waals surface area contributed by atoms with E-state index in [0.29, 0.717) is 17.9 Å². The Hall–Kier alpha value is -3.46. The van der Waals surface area contributed by atoms with E-state index in [-0.39, 0.29) is 13.0 Å². The molecule has 9 heteroatoms. The van der Waals surface area contributed by atoms with Crippen LogP contribution in [0.2, 0.25) is 0 Å². The molecule has 2 aromatic rings. The number of methoxy groups -OCH3 is 1. The van der Waals surface area contributed by atoms with Gasteiger partial charge in [0.05, 0.1) is 19.2 Å². The topological polar surface area (TPSA) is 104 Å². The van der Waals surface area contributed by atoms with E-state index < -0.39 is 29.7 Å². The van der Waals surface area contributed by atoms with Gasteiger partial charge in [-0.2, -0.15) is 0 Å². The van der Waals surface area contributed by atoms with Crippen molar-refractivity contribution in [3.05, 3.63) is 70.7 Å². The van der Waals surface area contributed by atoms with Crippen LogP contribution in [0.25, 0.3) is 0 Å². The highest BCUT2D eigenvalue weighted by atomic mass is 79.9. The van der Waals surface area contributed by atoms with Crippen molar-refractivity contribution in [2.45, 2.75) is 18.9 Å². The summed E-state index contributed by atoms with van der Waals surface area (Å²) in [5.74, 6) is -2.19. The summed E-state index contributed by atoms with van der Waals surface area (Å²) in [7, 11) is 1.56. The predicted octanol–water partition coefficient (Wildman–Crippen LogP) is 2.80. The fourth-order valence-electron chi connectivity index (χ4n) is 3.42. The maximum Gasteiger partial charge on any atom is 0.328 e. The standard InChI is InChI=1S/C23H21BrN2O6/c1-32-18-8-2-15(3-9-18)12-13-25(20(27)10-11-22(29)30)19-14-21(28)26(23(19)31)17-6-4-16(24)5-7-17/h2-11,19H,12-14H2,1H3,(H,29,30)/b11-10+/t19-/m0/s1. The van der Waals surface area contributed by atoms with Gasteiger partial charge in [0.1, 0.15) is 11.8 Å². The van der Waals surface area contributed by atoms with E-state index >= 15 is 0 Å². The number of rotatable bonds is 8. The van der Waals surface area contributed by atoms with Crippen LogP contribution in [0.1, 0.15) is 12.0 Å². The molecule has 0 saturated carbocycles. The number of anilines is 1. The lowest BCUT2D eigenvalue weighted by atomic mass is 10.1. The molecule has 32 heavy (non-hydrogen) atoms. The van der Waals surface area contributed by atoms with E-state index in [1.807, 2.05) is 12.1 Å². The van der Waals surface area contributed by atoms with Gasteiger partial charge >= 0.3 is 5.97 Å². The third-order valence-corrected chi connectivity index (χ3v) is 5.56. The molecule has 3 rings (SSSR count). The van der Waals surface area contributed by atoms with Crippen LogP contribution in [-0.2, 0) is 25.6 Å². The highest BCUT2D eigenvalue weighted by molar-refractivity contribution is 9.10. The number of hydrogen-bond donors (Lipinski definition) is 1. The molecule has 8 nitrogen and oxygen atoms in total. The number of aliphatic carboxylic acids is 1. The Bertz CT molecular complexity index is 1050. The fourth-order valence-corrected chi connectivity index (χ4v) is 3.68. The molecule has 1 heterocycles. The van der Waals surface area contributed by atoms with Gasteiger partial charge in [-0.25, -0.2) is 9.69 Å². The van der Waals surface area contributed by atoms with Crippen LogP contribution < -0.4 is 9.64 Å². The van der Waals surface area contributed by atoms with Gasteiger partial charge in [0.15, 0.2) is 0 Å². The number of carbonyl (C=O) groups excluding carboxylic acids is 3. The van der Waals surface area contributed by atoms with Crippen molar-refractivity contribution < 1.29 is 29.0 Å². The first-order chi connectivity index (χ1) is 15.3. The molecule has 0 aliphatic carbocycles. The number of carbonyl (C=O) groups is 4. The number of halogens is 1. The van der Waals surface area contributed by atoms with Crippen molar-refractivity contribution in [1.29, 1.82) is 0 Å². The molecular weight excluding hydrogens is 480 g/mol. The van der Waals surface area contributed by atoms with Crippen molar-refractivity contribution >= 4 is 45.3 Å². The first-order valence-electron chi connectivity index (χ1n) is 9.77. The van der Waals surface area contributed by atoms with Gasteiger partial charge in [-0.15, -0.1) is 0 Å². The summed E-state index contributed by atoms with van der Waals surface area (Å²) in [5, 5.41) is 8.87. The summed E-state index contributed by atoms with van der Waals surface area (Å²) < 4.78 is 5.93. The van der Waals surface area contributed by atoms with Gasteiger partial charge in [-0.05, 0) is 48.4 Å². The molecule has 1 fully saturated rings. The van der Waals surface area contributed by atoms with E-state index in [9.17, 15) is 19.2 Å². The van der Waals surface area contributed by atoms with E-state index in [4.69, 9.17) is 9.84 Å². The Balaban J connectivity index is 1.83. The van der Waals surface area contributed by atoms with Crippen LogP contribution in [0.5, 0.6) is 5.75 Å². The van der Waals surface area contributed by atoms with Gasteiger partial charge in [-0.1, -0.05) is 28.1 Å². The molecule has 1 saturated heterocycles. The number of hydrogen-bond acceptors (Lipinski definition) is 5. The number of imide groups is 1. The zero-order chi connectivity index (χ0) is 23.3. The number of ether oxygens (including phenoxy) is 1. The minimum atomic E-state index is -1.28. The Kier molecular flexibility index (Phi) is 7.42. The summed E-state index contributed by atoms with van der Waals surface area (Å²) in [4.78, 5) is 51.7. The molecular formula is C23H21BrN2O6. The van der Waals surface area contributed by atoms with E-state index in [2.05, 4.69) is 15.9 Å². The monoisotopic (exact) mass is 500 g/mol. The van der Waals surface area contributed by atoms with Crippen LogP contribution in [0, 0.1) is 0 Å². The molecule has 3 amide bonds. The molecule has 1 aliphatic rings. The summed E-state index contributed by atoms with van der Waals surface area (Å²) >= 11 is 3.31. The molecule has 0 radical (unpaired) electrons. The first-order valence-corrected chi connectivity index (χ1v) is 10.6. The lowest BCUT2D eigenvalue weighted by molar-refractivity contribution is -0.135. The zero-order valence-corrected chi connectivity index (χ0v) is 18.8. The lowest BCUT2D eigenvalue weighted by Crippen LogP contribution is -2.45. The third kappa shape index (κ3) is 5.42. The molecule has 0 bridgehead atoms. The normalized spacial score (nSPS) is 15.9. The van der Waals surface area contributed by atoms with Gasteiger partial charge in [0.2, 0.25) is 11.8 Å².